The highest BCUT2D eigenvalue weighted by molar-refractivity contribution is 5.46. The Balaban J connectivity index is 1.73. The van der Waals surface area contributed by atoms with Crippen molar-refractivity contribution in [2.45, 2.75) is 50.4 Å². The molecule has 1 aliphatic carbocycles. The van der Waals surface area contributed by atoms with Gasteiger partial charge in [0.2, 0.25) is 0 Å². The lowest BCUT2D eigenvalue weighted by molar-refractivity contribution is -0.269. The second-order valence-electron chi connectivity index (χ2n) is 6.30. The lowest BCUT2D eigenvalue weighted by Crippen LogP contribution is -2.42. The summed E-state index contributed by atoms with van der Waals surface area (Å²) < 4.78 is 12.2. The van der Waals surface area contributed by atoms with Gasteiger partial charge in [-0.15, -0.1) is 0 Å². The molecule has 0 radical (unpaired) electrons. The molecule has 3 heteroatoms. The number of nitrogens with zero attached hydrogens (tertiary/aromatic N) is 1. The average Bonchev–Trinajstić information content (AvgIpc) is 2.48. The first-order valence-corrected chi connectivity index (χ1v) is 7.75. The van der Waals surface area contributed by atoms with Gasteiger partial charge >= 0.3 is 0 Å². The largest absolute Gasteiger partial charge is 0.378 e. The number of hydrogen-bond donors (Lipinski definition) is 0. The normalized spacial score (nSPS) is 25.6. The first-order chi connectivity index (χ1) is 9.69. The number of rotatable bonds is 2. The molecule has 0 aromatic heterocycles. The molecule has 1 atom stereocenters. The highest BCUT2D eigenvalue weighted by Crippen LogP contribution is 2.42. The van der Waals surface area contributed by atoms with Gasteiger partial charge in [0, 0.05) is 31.8 Å². The molecule has 0 amide bonds. The maximum absolute atomic E-state index is 6.37. The van der Waals surface area contributed by atoms with Crippen LogP contribution in [0.2, 0.25) is 0 Å². The van der Waals surface area contributed by atoms with Crippen LogP contribution in [0, 0.1) is 0 Å². The standard InChI is InChI=1S/C17H25NO2/c1-18(2)15-8-6-14(7-9-15)16-19-13-12-17(20-16)10-4-3-5-11-17/h6-9,16H,3-5,10-13H2,1-2H3. The van der Waals surface area contributed by atoms with Crippen molar-refractivity contribution in [3.05, 3.63) is 29.8 Å². The zero-order valence-corrected chi connectivity index (χ0v) is 12.6. The van der Waals surface area contributed by atoms with Gasteiger partial charge in [0.25, 0.3) is 0 Å². The highest BCUT2D eigenvalue weighted by Gasteiger charge is 2.39. The minimum absolute atomic E-state index is 0.0847. The molecule has 20 heavy (non-hydrogen) atoms. The number of benzene rings is 1. The zero-order chi connectivity index (χ0) is 14.0. The number of ether oxygens (including phenoxy) is 2. The van der Waals surface area contributed by atoms with Crippen molar-refractivity contribution >= 4 is 5.69 Å². The van der Waals surface area contributed by atoms with E-state index in [4.69, 9.17) is 9.47 Å². The first-order valence-electron chi connectivity index (χ1n) is 7.75. The Hall–Kier alpha value is -1.06. The Morgan fingerprint density at radius 2 is 1.70 bits per heavy atom. The predicted molar refractivity (Wildman–Crippen MR) is 81.0 cm³/mol. The summed E-state index contributed by atoms with van der Waals surface area (Å²) in [5.74, 6) is 0. The number of hydrogen-bond acceptors (Lipinski definition) is 3. The Kier molecular flexibility index (Phi) is 3.99. The van der Waals surface area contributed by atoms with Gasteiger partial charge in [-0.1, -0.05) is 31.4 Å². The van der Waals surface area contributed by atoms with E-state index in [0.717, 1.165) is 18.6 Å². The fourth-order valence-electron chi connectivity index (χ4n) is 3.33. The summed E-state index contributed by atoms with van der Waals surface area (Å²) in [5, 5.41) is 0. The van der Waals surface area contributed by atoms with E-state index < -0.39 is 0 Å². The molecule has 1 aromatic carbocycles. The molecular formula is C17H25NO2. The van der Waals surface area contributed by atoms with Crippen LogP contribution in [0.15, 0.2) is 24.3 Å². The van der Waals surface area contributed by atoms with E-state index in [0.29, 0.717) is 0 Å². The maximum atomic E-state index is 6.37. The Bertz CT molecular complexity index is 429. The topological polar surface area (TPSA) is 21.7 Å². The Morgan fingerprint density at radius 3 is 2.35 bits per heavy atom. The molecule has 0 N–H and O–H groups in total. The number of anilines is 1. The van der Waals surface area contributed by atoms with Gasteiger partial charge in [-0.05, 0) is 25.0 Å². The monoisotopic (exact) mass is 275 g/mol. The Labute approximate surface area is 121 Å². The second kappa shape index (κ2) is 5.74. The first kappa shape index (κ1) is 13.9. The summed E-state index contributed by atoms with van der Waals surface area (Å²) >= 11 is 0. The quantitative estimate of drug-likeness (QED) is 0.817. The molecule has 1 heterocycles. The van der Waals surface area contributed by atoms with Crippen LogP contribution >= 0.6 is 0 Å². The molecule has 1 aromatic rings. The summed E-state index contributed by atoms with van der Waals surface area (Å²) in [6, 6.07) is 8.51. The van der Waals surface area contributed by atoms with Crippen LogP contribution in [0.5, 0.6) is 0 Å². The molecular weight excluding hydrogens is 250 g/mol. The van der Waals surface area contributed by atoms with Crippen molar-refractivity contribution in [2.24, 2.45) is 0 Å². The van der Waals surface area contributed by atoms with Crippen LogP contribution in [-0.2, 0) is 9.47 Å². The minimum Gasteiger partial charge on any atom is -0.378 e. The van der Waals surface area contributed by atoms with Crippen molar-refractivity contribution in [3.63, 3.8) is 0 Å². The van der Waals surface area contributed by atoms with Crippen molar-refractivity contribution in [1.82, 2.24) is 0 Å². The van der Waals surface area contributed by atoms with Crippen molar-refractivity contribution in [3.8, 4) is 0 Å². The molecule has 2 fully saturated rings. The van der Waals surface area contributed by atoms with E-state index in [-0.39, 0.29) is 11.9 Å². The molecule has 1 spiro atoms. The van der Waals surface area contributed by atoms with E-state index in [1.54, 1.807) is 0 Å². The van der Waals surface area contributed by atoms with Crippen LogP contribution in [0.3, 0.4) is 0 Å². The van der Waals surface area contributed by atoms with Crippen molar-refractivity contribution in [2.75, 3.05) is 25.6 Å². The minimum atomic E-state index is -0.182. The van der Waals surface area contributed by atoms with Crippen molar-refractivity contribution < 1.29 is 9.47 Å². The second-order valence-corrected chi connectivity index (χ2v) is 6.30. The lowest BCUT2D eigenvalue weighted by atomic mass is 9.82. The van der Waals surface area contributed by atoms with Gasteiger partial charge in [0.1, 0.15) is 0 Å². The van der Waals surface area contributed by atoms with Gasteiger partial charge in [-0.25, -0.2) is 0 Å². The van der Waals surface area contributed by atoms with E-state index >= 15 is 0 Å². The van der Waals surface area contributed by atoms with Crippen molar-refractivity contribution in [1.29, 1.82) is 0 Å². The van der Waals surface area contributed by atoms with E-state index in [9.17, 15) is 0 Å². The average molecular weight is 275 g/mol. The van der Waals surface area contributed by atoms with Crippen LogP contribution in [0.1, 0.15) is 50.4 Å². The molecule has 0 bridgehead atoms. The molecule has 1 saturated heterocycles. The predicted octanol–water partition coefficient (Wildman–Crippen LogP) is 3.89. The van der Waals surface area contributed by atoms with Crippen LogP contribution in [0.25, 0.3) is 0 Å². The SMILES string of the molecule is CN(C)c1ccc(C2OCCC3(CCCCC3)O2)cc1. The molecule has 1 saturated carbocycles. The molecule has 3 rings (SSSR count). The third-order valence-electron chi connectivity index (χ3n) is 4.63. The zero-order valence-electron chi connectivity index (χ0n) is 12.6. The summed E-state index contributed by atoms with van der Waals surface area (Å²) in [4.78, 5) is 2.11. The lowest BCUT2D eigenvalue weighted by Gasteiger charge is -2.43. The van der Waals surface area contributed by atoms with Gasteiger partial charge in [-0.3, -0.25) is 0 Å². The molecule has 3 nitrogen and oxygen atoms in total. The van der Waals surface area contributed by atoms with Gasteiger partial charge in [0.05, 0.1) is 12.2 Å². The fraction of sp³-hybridized carbons (Fsp3) is 0.647. The summed E-state index contributed by atoms with van der Waals surface area (Å²) in [6.07, 6.45) is 7.22. The smallest absolute Gasteiger partial charge is 0.184 e. The summed E-state index contributed by atoms with van der Waals surface area (Å²) in [5.41, 5.74) is 2.43. The highest BCUT2D eigenvalue weighted by atomic mass is 16.7. The summed E-state index contributed by atoms with van der Waals surface area (Å²) in [7, 11) is 4.11. The van der Waals surface area contributed by atoms with Gasteiger partial charge < -0.3 is 14.4 Å². The third kappa shape index (κ3) is 2.84. The molecule has 110 valence electrons. The summed E-state index contributed by atoms with van der Waals surface area (Å²) in [6.45, 7) is 0.820. The molecule has 1 unspecified atom stereocenters. The van der Waals surface area contributed by atoms with E-state index in [2.05, 4.69) is 43.3 Å². The fourth-order valence-corrected chi connectivity index (χ4v) is 3.33. The van der Waals surface area contributed by atoms with Crippen LogP contribution in [-0.4, -0.2) is 26.3 Å². The third-order valence-corrected chi connectivity index (χ3v) is 4.63. The van der Waals surface area contributed by atoms with E-state index in [1.165, 1.54) is 37.8 Å². The van der Waals surface area contributed by atoms with Crippen LogP contribution < -0.4 is 4.90 Å². The molecule has 1 aliphatic heterocycles. The maximum Gasteiger partial charge on any atom is 0.184 e. The molecule has 2 aliphatic rings. The van der Waals surface area contributed by atoms with Gasteiger partial charge in [-0.2, -0.15) is 0 Å². The van der Waals surface area contributed by atoms with E-state index in [1.807, 2.05) is 0 Å². The van der Waals surface area contributed by atoms with Gasteiger partial charge in [0.15, 0.2) is 6.29 Å². The van der Waals surface area contributed by atoms with Crippen LogP contribution in [0.4, 0.5) is 5.69 Å². The Morgan fingerprint density at radius 1 is 1.00 bits per heavy atom.